The number of benzene rings is 1. The molecule has 1 aromatic rings. The smallest absolute Gasteiger partial charge is 0.251 e. The molecule has 1 amide bonds. The van der Waals surface area contributed by atoms with Gasteiger partial charge in [0.05, 0.1) is 10.0 Å². The molecule has 2 nitrogen and oxygen atoms in total. The molecule has 0 heterocycles. The Labute approximate surface area is 120 Å². The van der Waals surface area contributed by atoms with Gasteiger partial charge in [-0.3, -0.25) is 4.79 Å². The number of hydrogen-bond acceptors (Lipinski definition) is 1. The Balaban J connectivity index is 2.66. The molecular weight excluding hydrogens is 325 g/mol. The van der Waals surface area contributed by atoms with E-state index in [1.165, 1.54) is 0 Å². The van der Waals surface area contributed by atoms with E-state index in [0.717, 1.165) is 6.42 Å². The highest BCUT2D eigenvalue weighted by molar-refractivity contribution is 9.09. The van der Waals surface area contributed by atoms with Crippen molar-refractivity contribution in [2.45, 2.75) is 31.1 Å². The number of amides is 1. The molecule has 5 heteroatoms. The van der Waals surface area contributed by atoms with Crippen molar-refractivity contribution in [1.29, 1.82) is 0 Å². The molecule has 0 radical (unpaired) electrons. The first-order valence-corrected chi connectivity index (χ1v) is 6.97. The summed E-state index contributed by atoms with van der Waals surface area (Å²) in [4.78, 5) is 12.2. The van der Waals surface area contributed by atoms with Gasteiger partial charge in [-0.1, -0.05) is 46.1 Å². The SMILES string of the molecule is CC(Br)CC(C)NC(=O)c1ccc(Cl)c(Cl)c1. The fourth-order valence-corrected chi connectivity index (χ4v) is 2.35. The summed E-state index contributed by atoms with van der Waals surface area (Å²) in [5.41, 5.74) is 0.522. The first-order valence-electron chi connectivity index (χ1n) is 5.30. The number of halogens is 3. The van der Waals surface area contributed by atoms with Gasteiger partial charge in [0.1, 0.15) is 0 Å². The van der Waals surface area contributed by atoms with Gasteiger partial charge in [-0.25, -0.2) is 0 Å². The maximum absolute atomic E-state index is 11.9. The van der Waals surface area contributed by atoms with Crippen LogP contribution in [0.25, 0.3) is 0 Å². The van der Waals surface area contributed by atoms with Crippen molar-refractivity contribution in [3.8, 4) is 0 Å². The quantitative estimate of drug-likeness (QED) is 0.815. The minimum absolute atomic E-state index is 0.103. The summed E-state index contributed by atoms with van der Waals surface area (Å²) in [6.07, 6.45) is 0.868. The van der Waals surface area contributed by atoms with Crippen molar-refractivity contribution in [3.05, 3.63) is 33.8 Å². The van der Waals surface area contributed by atoms with E-state index in [0.29, 0.717) is 20.4 Å². The predicted molar refractivity (Wildman–Crippen MR) is 76.4 cm³/mol. The molecule has 0 saturated heterocycles. The largest absolute Gasteiger partial charge is 0.350 e. The van der Waals surface area contributed by atoms with Gasteiger partial charge in [0.2, 0.25) is 0 Å². The van der Waals surface area contributed by atoms with Crippen molar-refractivity contribution in [2.75, 3.05) is 0 Å². The Kier molecular flexibility index (Phi) is 5.77. The molecule has 0 aliphatic rings. The Morgan fingerprint density at radius 3 is 2.53 bits per heavy atom. The highest BCUT2D eigenvalue weighted by Crippen LogP contribution is 2.22. The highest BCUT2D eigenvalue weighted by atomic mass is 79.9. The lowest BCUT2D eigenvalue weighted by Crippen LogP contribution is -2.33. The molecule has 0 aliphatic carbocycles. The van der Waals surface area contributed by atoms with E-state index >= 15 is 0 Å². The lowest BCUT2D eigenvalue weighted by atomic mass is 10.1. The molecule has 0 fully saturated rings. The summed E-state index contributed by atoms with van der Waals surface area (Å²) >= 11 is 15.1. The first-order chi connectivity index (χ1) is 7.90. The number of alkyl halides is 1. The van der Waals surface area contributed by atoms with Gasteiger partial charge in [-0.2, -0.15) is 0 Å². The van der Waals surface area contributed by atoms with Crippen LogP contribution in [0.1, 0.15) is 30.6 Å². The second-order valence-corrected chi connectivity index (χ2v) is 6.40. The van der Waals surface area contributed by atoms with Crippen molar-refractivity contribution < 1.29 is 4.79 Å². The maximum atomic E-state index is 11.9. The van der Waals surface area contributed by atoms with E-state index in [1.807, 2.05) is 13.8 Å². The van der Waals surface area contributed by atoms with E-state index in [2.05, 4.69) is 21.2 Å². The molecule has 94 valence electrons. The van der Waals surface area contributed by atoms with Gasteiger partial charge in [-0.15, -0.1) is 0 Å². The van der Waals surface area contributed by atoms with Crippen LogP contribution in [0.4, 0.5) is 0 Å². The van der Waals surface area contributed by atoms with Crippen LogP contribution in [0, 0.1) is 0 Å². The van der Waals surface area contributed by atoms with Crippen molar-refractivity contribution in [1.82, 2.24) is 5.32 Å². The molecule has 0 bridgehead atoms. The van der Waals surface area contributed by atoms with E-state index < -0.39 is 0 Å². The predicted octanol–water partition coefficient (Wildman–Crippen LogP) is 4.29. The fourth-order valence-electron chi connectivity index (χ4n) is 1.49. The molecule has 0 spiro atoms. The summed E-state index contributed by atoms with van der Waals surface area (Å²) < 4.78 is 0. The minimum atomic E-state index is -0.135. The molecule has 1 rings (SSSR count). The Bertz CT molecular complexity index is 409. The molecule has 0 aromatic heterocycles. The summed E-state index contributed by atoms with van der Waals surface area (Å²) in [7, 11) is 0. The van der Waals surface area contributed by atoms with Crippen molar-refractivity contribution in [2.24, 2.45) is 0 Å². The fraction of sp³-hybridized carbons (Fsp3) is 0.417. The van der Waals surface area contributed by atoms with Crippen LogP contribution < -0.4 is 5.32 Å². The van der Waals surface area contributed by atoms with Crippen molar-refractivity contribution >= 4 is 45.0 Å². The molecule has 2 atom stereocenters. The lowest BCUT2D eigenvalue weighted by molar-refractivity contribution is 0.0938. The molecule has 1 N–H and O–H groups in total. The molecular formula is C12H14BrCl2NO. The van der Waals surface area contributed by atoms with Gasteiger partial charge in [-0.05, 0) is 31.5 Å². The Morgan fingerprint density at radius 1 is 1.35 bits per heavy atom. The van der Waals surface area contributed by atoms with E-state index in [-0.39, 0.29) is 11.9 Å². The molecule has 1 aromatic carbocycles. The van der Waals surface area contributed by atoms with Crippen LogP contribution in [0.5, 0.6) is 0 Å². The third kappa shape index (κ3) is 4.86. The average molecular weight is 339 g/mol. The van der Waals surface area contributed by atoms with Crippen molar-refractivity contribution in [3.63, 3.8) is 0 Å². The van der Waals surface area contributed by atoms with E-state index in [9.17, 15) is 4.79 Å². The third-order valence-corrected chi connectivity index (χ3v) is 3.35. The van der Waals surface area contributed by atoms with Crippen LogP contribution in [0.2, 0.25) is 10.0 Å². The van der Waals surface area contributed by atoms with E-state index in [1.54, 1.807) is 18.2 Å². The summed E-state index contributed by atoms with van der Waals surface area (Å²) in [6, 6.07) is 4.96. The van der Waals surface area contributed by atoms with Gasteiger partial charge in [0.15, 0.2) is 0 Å². The molecule has 17 heavy (non-hydrogen) atoms. The van der Waals surface area contributed by atoms with Gasteiger partial charge < -0.3 is 5.32 Å². The number of carbonyl (C=O) groups excluding carboxylic acids is 1. The van der Waals surface area contributed by atoms with Crippen LogP contribution in [-0.2, 0) is 0 Å². The Morgan fingerprint density at radius 2 is 2.00 bits per heavy atom. The average Bonchev–Trinajstić information content (AvgIpc) is 2.20. The topological polar surface area (TPSA) is 29.1 Å². The number of nitrogens with one attached hydrogen (secondary N) is 1. The Hall–Kier alpha value is -0.250. The zero-order valence-corrected chi connectivity index (χ0v) is 12.7. The zero-order valence-electron chi connectivity index (χ0n) is 9.64. The molecule has 0 aliphatic heterocycles. The second kappa shape index (κ2) is 6.62. The van der Waals surface area contributed by atoms with E-state index in [4.69, 9.17) is 23.2 Å². The standard InChI is InChI=1S/C12H14BrCl2NO/c1-7(13)5-8(2)16-12(17)9-3-4-10(14)11(15)6-9/h3-4,6-8H,5H2,1-2H3,(H,16,17). The van der Waals surface area contributed by atoms with Gasteiger partial charge in [0, 0.05) is 16.4 Å². The summed E-state index contributed by atoms with van der Waals surface area (Å²) in [6.45, 7) is 4.01. The van der Waals surface area contributed by atoms with Crippen LogP contribution in [0.15, 0.2) is 18.2 Å². The lowest BCUT2D eigenvalue weighted by Gasteiger charge is -2.15. The summed E-state index contributed by atoms with van der Waals surface area (Å²) in [5, 5.41) is 3.74. The van der Waals surface area contributed by atoms with Gasteiger partial charge in [0.25, 0.3) is 5.91 Å². The van der Waals surface area contributed by atoms with Crippen LogP contribution in [0.3, 0.4) is 0 Å². The normalized spacial score (nSPS) is 14.2. The molecule has 2 unspecified atom stereocenters. The number of rotatable bonds is 4. The first kappa shape index (κ1) is 14.8. The van der Waals surface area contributed by atoms with Gasteiger partial charge >= 0.3 is 0 Å². The highest BCUT2D eigenvalue weighted by Gasteiger charge is 2.12. The zero-order chi connectivity index (χ0) is 13.0. The minimum Gasteiger partial charge on any atom is -0.350 e. The summed E-state index contributed by atoms with van der Waals surface area (Å²) in [5.74, 6) is -0.135. The monoisotopic (exact) mass is 337 g/mol. The number of carbonyl (C=O) groups is 1. The van der Waals surface area contributed by atoms with Crippen LogP contribution in [-0.4, -0.2) is 16.8 Å². The number of hydrogen-bond donors (Lipinski definition) is 1. The second-order valence-electron chi connectivity index (χ2n) is 4.02. The maximum Gasteiger partial charge on any atom is 0.251 e. The molecule has 0 saturated carbocycles. The van der Waals surface area contributed by atoms with Crippen LogP contribution >= 0.6 is 39.1 Å². The third-order valence-electron chi connectivity index (χ3n) is 2.24.